The fraction of sp³-hybridized carbons (Fsp3) is 0.310. The van der Waals surface area contributed by atoms with Crippen LogP contribution < -0.4 is 9.62 Å². The third-order valence-corrected chi connectivity index (χ3v) is 8.19. The van der Waals surface area contributed by atoms with Gasteiger partial charge in [-0.05, 0) is 68.3 Å². The van der Waals surface area contributed by atoms with E-state index in [-0.39, 0.29) is 29.6 Å². The average molecular weight is 610 g/mol. The summed E-state index contributed by atoms with van der Waals surface area (Å²) >= 11 is 6.00. The smallest absolute Gasteiger partial charge is 0.352 e. The Hall–Kier alpha value is -3.57. The lowest BCUT2D eigenvalue weighted by Crippen LogP contribution is -2.53. The van der Waals surface area contributed by atoms with Crippen LogP contribution in [0.3, 0.4) is 0 Å². The van der Waals surface area contributed by atoms with E-state index < -0.39 is 46.2 Å². The van der Waals surface area contributed by atoms with Gasteiger partial charge < -0.3 is 10.2 Å². The second-order valence-corrected chi connectivity index (χ2v) is 11.9. The van der Waals surface area contributed by atoms with E-state index in [0.29, 0.717) is 21.0 Å². The standard InChI is InChI=1S/C29H31ClF3N3O4S/c1-4-26(28(38)34-20(2)3)35(18-21-13-15-23(30)16-14-21)27(37)19-36(41(39,40)25-11-6-5-7-12-25)24-10-8-9-22(17-24)29(31,32)33/h5-17,20,26H,4,18-19H2,1-3H3,(H,34,38)/t26-/m1/s1. The first-order valence-electron chi connectivity index (χ1n) is 12.8. The van der Waals surface area contributed by atoms with Crippen molar-refractivity contribution in [2.75, 3.05) is 10.8 Å². The van der Waals surface area contributed by atoms with Crippen molar-refractivity contribution in [3.05, 3.63) is 95.0 Å². The number of halogens is 4. The summed E-state index contributed by atoms with van der Waals surface area (Å²) in [5.74, 6) is -1.22. The number of rotatable bonds is 11. The Morgan fingerprint density at radius 2 is 1.59 bits per heavy atom. The number of carbonyl (C=O) groups is 2. The summed E-state index contributed by atoms with van der Waals surface area (Å²) in [6, 6.07) is 16.2. The van der Waals surface area contributed by atoms with Gasteiger partial charge in [0, 0.05) is 17.6 Å². The minimum atomic E-state index is -4.74. The third kappa shape index (κ3) is 8.23. The zero-order valence-corrected chi connectivity index (χ0v) is 24.3. The molecule has 41 heavy (non-hydrogen) atoms. The maximum atomic E-state index is 13.9. The number of hydrogen-bond donors (Lipinski definition) is 1. The molecule has 0 spiro atoms. The van der Waals surface area contributed by atoms with Crippen molar-refractivity contribution in [3.63, 3.8) is 0 Å². The summed E-state index contributed by atoms with van der Waals surface area (Å²) in [5.41, 5.74) is -0.797. The summed E-state index contributed by atoms with van der Waals surface area (Å²) in [6.07, 6.45) is -4.54. The van der Waals surface area contributed by atoms with Crippen molar-refractivity contribution >= 4 is 39.1 Å². The molecule has 12 heteroatoms. The normalized spacial score (nSPS) is 12.6. The topological polar surface area (TPSA) is 86.8 Å². The number of carbonyl (C=O) groups excluding carboxylic acids is 2. The van der Waals surface area contributed by atoms with E-state index in [4.69, 9.17) is 11.6 Å². The van der Waals surface area contributed by atoms with E-state index in [1.807, 2.05) is 0 Å². The van der Waals surface area contributed by atoms with E-state index in [9.17, 15) is 31.2 Å². The molecule has 0 saturated carbocycles. The van der Waals surface area contributed by atoms with Crippen molar-refractivity contribution < 1.29 is 31.2 Å². The van der Waals surface area contributed by atoms with Crippen LogP contribution in [0.25, 0.3) is 0 Å². The Kier molecular flexibility index (Phi) is 10.4. The molecule has 0 radical (unpaired) electrons. The number of amides is 2. The van der Waals surface area contributed by atoms with Crippen LogP contribution in [0.15, 0.2) is 83.8 Å². The maximum absolute atomic E-state index is 13.9. The maximum Gasteiger partial charge on any atom is 0.416 e. The highest BCUT2D eigenvalue weighted by Crippen LogP contribution is 2.33. The highest BCUT2D eigenvalue weighted by atomic mass is 35.5. The molecule has 2 amide bonds. The number of nitrogens with one attached hydrogen (secondary N) is 1. The average Bonchev–Trinajstić information content (AvgIpc) is 2.92. The van der Waals surface area contributed by atoms with Gasteiger partial charge in [0.05, 0.1) is 16.1 Å². The van der Waals surface area contributed by atoms with Gasteiger partial charge in [0.25, 0.3) is 10.0 Å². The van der Waals surface area contributed by atoms with Crippen LogP contribution in [-0.4, -0.2) is 43.8 Å². The third-order valence-electron chi connectivity index (χ3n) is 6.15. The van der Waals surface area contributed by atoms with Gasteiger partial charge in [-0.25, -0.2) is 8.42 Å². The van der Waals surface area contributed by atoms with E-state index in [1.165, 1.54) is 35.2 Å². The molecular formula is C29H31ClF3N3O4S. The van der Waals surface area contributed by atoms with E-state index in [1.54, 1.807) is 51.1 Å². The molecule has 1 N–H and O–H groups in total. The molecule has 0 heterocycles. The molecule has 0 aromatic heterocycles. The number of benzene rings is 3. The fourth-order valence-corrected chi connectivity index (χ4v) is 5.73. The molecule has 3 rings (SSSR count). The van der Waals surface area contributed by atoms with E-state index in [2.05, 4.69) is 5.32 Å². The van der Waals surface area contributed by atoms with Crippen LogP contribution in [0.5, 0.6) is 0 Å². The summed E-state index contributed by atoms with van der Waals surface area (Å²) in [4.78, 5) is 28.1. The molecule has 3 aromatic carbocycles. The van der Waals surface area contributed by atoms with Gasteiger partial charge in [-0.3, -0.25) is 13.9 Å². The van der Waals surface area contributed by atoms with Crippen molar-refractivity contribution in [2.45, 2.75) is 56.9 Å². The first-order chi connectivity index (χ1) is 19.2. The van der Waals surface area contributed by atoms with E-state index >= 15 is 0 Å². The molecule has 0 fully saturated rings. The number of hydrogen-bond acceptors (Lipinski definition) is 4. The minimum absolute atomic E-state index is 0.0676. The molecule has 7 nitrogen and oxygen atoms in total. The summed E-state index contributed by atoms with van der Waals surface area (Å²) in [5, 5.41) is 3.24. The fourth-order valence-electron chi connectivity index (χ4n) is 4.17. The second kappa shape index (κ2) is 13.4. The molecule has 1 atom stereocenters. The number of alkyl halides is 3. The van der Waals surface area contributed by atoms with Crippen LogP contribution >= 0.6 is 11.6 Å². The lowest BCUT2D eigenvalue weighted by Gasteiger charge is -2.33. The number of anilines is 1. The van der Waals surface area contributed by atoms with Crippen LogP contribution in [0.2, 0.25) is 5.02 Å². The van der Waals surface area contributed by atoms with Crippen molar-refractivity contribution in [2.24, 2.45) is 0 Å². The lowest BCUT2D eigenvalue weighted by molar-refractivity contribution is -0.140. The quantitative estimate of drug-likeness (QED) is 0.294. The Morgan fingerprint density at radius 3 is 2.15 bits per heavy atom. The Morgan fingerprint density at radius 1 is 0.951 bits per heavy atom. The highest BCUT2D eigenvalue weighted by Gasteiger charge is 2.36. The van der Waals surface area contributed by atoms with Crippen LogP contribution in [0.1, 0.15) is 38.3 Å². The van der Waals surface area contributed by atoms with Gasteiger partial charge in [-0.15, -0.1) is 0 Å². The molecule has 0 aliphatic carbocycles. The lowest BCUT2D eigenvalue weighted by atomic mass is 10.1. The summed E-state index contributed by atoms with van der Waals surface area (Å²) < 4.78 is 68.8. The monoisotopic (exact) mass is 609 g/mol. The van der Waals surface area contributed by atoms with Crippen molar-refractivity contribution in [1.29, 1.82) is 0 Å². The Bertz CT molecular complexity index is 1450. The van der Waals surface area contributed by atoms with Gasteiger partial charge in [0.15, 0.2) is 0 Å². The Balaban J connectivity index is 2.10. The molecule has 0 aliphatic heterocycles. The molecule has 0 bridgehead atoms. The van der Waals surface area contributed by atoms with Gasteiger partial charge >= 0.3 is 6.18 Å². The molecule has 0 saturated heterocycles. The van der Waals surface area contributed by atoms with Crippen LogP contribution in [-0.2, 0) is 32.3 Å². The van der Waals surface area contributed by atoms with Gasteiger partial charge in [0.2, 0.25) is 11.8 Å². The SMILES string of the molecule is CC[C@H](C(=O)NC(C)C)N(Cc1ccc(Cl)cc1)C(=O)CN(c1cccc(C(F)(F)F)c1)S(=O)(=O)c1ccccc1. The number of nitrogens with zero attached hydrogens (tertiary/aromatic N) is 2. The molecule has 220 valence electrons. The molecule has 0 aliphatic rings. The first kappa shape index (κ1) is 32.0. The van der Waals surface area contributed by atoms with Gasteiger partial charge in [-0.1, -0.05) is 54.9 Å². The summed E-state index contributed by atoms with van der Waals surface area (Å²) in [7, 11) is -4.49. The zero-order chi connectivity index (χ0) is 30.4. The summed E-state index contributed by atoms with van der Waals surface area (Å²) in [6.45, 7) is 4.31. The second-order valence-electron chi connectivity index (χ2n) is 9.61. The van der Waals surface area contributed by atoms with Gasteiger partial charge in [0.1, 0.15) is 12.6 Å². The predicted octanol–water partition coefficient (Wildman–Crippen LogP) is 5.89. The zero-order valence-electron chi connectivity index (χ0n) is 22.7. The van der Waals surface area contributed by atoms with E-state index in [0.717, 1.165) is 12.1 Å². The van der Waals surface area contributed by atoms with Crippen molar-refractivity contribution in [1.82, 2.24) is 10.2 Å². The largest absolute Gasteiger partial charge is 0.416 e. The van der Waals surface area contributed by atoms with Gasteiger partial charge in [-0.2, -0.15) is 13.2 Å². The molecule has 3 aromatic rings. The number of sulfonamides is 1. The first-order valence-corrected chi connectivity index (χ1v) is 14.6. The minimum Gasteiger partial charge on any atom is -0.352 e. The van der Waals surface area contributed by atoms with Crippen molar-refractivity contribution in [3.8, 4) is 0 Å². The van der Waals surface area contributed by atoms with Crippen LogP contribution in [0, 0.1) is 0 Å². The Labute approximate surface area is 243 Å². The van der Waals surface area contributed by atoms with Crippen LogP contribution in [0.4, 0.5) is 18.9 Å². The predicted molar refractivity (Wildman–Crippen MR) is 152 cm³/mol. The highest BCUT2D eigenvalue weighted by molar-refractivity contribution is 7.92. The molecular weight excluding hydrogens is 579 g/mol. The molecule has 0 unspecified atom stereocenters.